The van der Waals surface area contributed by atoms with Gasteiger partial charge in [-0.05, 0) is 31.2 Å². The van der Waals surface area contributed by atoms with Gasteiger partial charge in [0, 0.05) is 31.8 Å². The predicted octanol–water partition coefficient (Wildman–Crippen LogP) is 3.21. The monoisotopic (exact) mass is 290 g/mol. The number of rotatable bonds is 6. The lowest BCUT2D eigenvalue weighted by molar-refractivity contribution is -0.00579. The van der Waals surface area contributed by atoms with Crippen LogP contribution in [0.3, 0.4) is 0 Å². The highest BCUT2D eigenvalue weighted by Crippen LogP contribution is 2.27. The lowest BCUT2D eigenvalue weighted by Gasteiger charge is -2.42. The highest BCUT2D eigenvalue weighted by molar-refractivity contribution is 5.20. The summed E-state index contributed by atoms with van der Waals surface area (Å²) in [6.07, 6.45) is 2.68. The third kappa shape index (κ3) is 4.29. The Morgan fingerprint density at radius 2 is 1.81 bits per heavy atom. The van der Waals surface area contributed by atoms with Crippen molar-refractivity contribution < 1.29 is 4.74 Å². The number of likely N-dealkylation sites (tertiary alicyclic amines) is 1. The van der Waals surface area contributed by atoms with Gasteiger partial charge in [0.25, 0.3) is 0 Å². The molecule has 118 valence electrons. The minimum atomic E-state index is 0.0786. The van der Waals surface area contributed by atoms with Gasteiger partial charge < -0.3 is 10.5 Å². The van der Waals surface area contributed by atoms with Gasteiger partial charge in [0.15, 0.2) is 0 Å². The van der Waals surface area contributed by atoms with Crippen LogP contribution in [-0.2, 0) is 4.74 Å². The van der Waals surface area contributed by atoms with Gasteiger partial charge >= 0.3 is 0 Å². The zero-order chi connectivity index (χ0) is 15.2. The normalized spacial score (nSPS) is 20.6. The smallest absolute Gasteiger partial charge is 0.0599 e. The van der Waals surface area contributed by atoms with Gasteiger partial charge in [0.05, 0.1) is 6.10 Å². The van der Waals surface area contributed by atoms with Crippen molar-refractivity contribution >= 4 is 0 Å². The SMILES string of the molecule is CCOC1CCN(C(C(C)C)C(N)c2ccccc2)CC1. The first-order chi connectivity index (χ1) is 10.1. The molecule has 0 aliphatic carbocycles. The molecule has 1 aromatic rings. The summed E-state index contributed by atoms with van der Waals surface area (Å²) in [6, 6.07) is 11.0. The largest absolute Gasteiger partial charge is 0.378 e. The Balaban J connectivity index is 2.03. The standard InChI is InChI=1S/C18H30N2O/c1-4-21-16-10-12-20(13-11-16)18(14(2)3)17(19)15-8-6-5-7-9-15/h5-9,14,16-18H,4,10-13,19H2,1-3H3. The van der Waals surface area contributed by atoms with Crippen LogP contribution in [0, 0.1) is 5.92 Å². The molecule has 0 saturated carbocycles. The second-order valence-corrected chi connectivity index (χ2v) is 6.36. The Kier molecular flexibility index (Phi) is 6.22. The molecule has 2 atom stereocenters. The van der Waals surface area contributed by atoms with E-state index in [1.807, 2.05) is 6.07 Å². The van der Waals surface area contributed by atoms with E-state index in [1.165, 1.54) is 5.56 Å². The van der Waals surface area contributed by atoms with E-state index in [4.69, 9.17) is 10.5 Å². The van der Waals surface area contributed by atoms with Gasteiger partial charge in [-0.25, -0.2) is 0 Å². The van der Waals surface area contributed by atoms with Crippen molar-refractivity contribution in [1.82, 2.24) is 4.90 Å². The molecule has 0 radical (unpaired) electrons. The molecule has 2 N–H and O–H groups in total. The molecule has 0 amide bonds. The molecule has 1 fully saturated rings. The molecule has 0 bridgehead atoms. The van der Waals surface area contributed by atoms with E-state index in [-0.39, 0.29) is 6.04 Å². The second-order valence-electron chi connectivity index (χ2n) is 6.36. The van der Waals surface area contributed by atoms with E-state index in [9.17, 15) is 0 Å². The molecule has 0 aromatic heterocycles. The van der Waals surface area contributed by atoms with Crippen molar-refractivity contribution in [3.05, 3.63) is 35.9 Å². The van der Waals surface area contributed by atoms with Crippen LogP contribution in [0.5, 0.6) is 0 Å². The Morgan fingerprint density at radius 1 is 1.19 bits per heavy atom. The second kappa shape index (κ2) is 7.92. The molecule has 1 saturated heterocycles. The minimum absolute atomic E-state index is 0.0786. The van der Waals surface area contributed by atoms with Crippen LogP contribution < -0.4 is 5.73 Å². The highest BCUT2D eigenvalue weighted by atomic mass is 16.5. The number of hydrogen-bond donors (Lipinski definition) is 1. The van der Waals surface area contributed by atoms with Crippen molar-refractivity contribution in [2.24, 2.45) is 11.7 Å². The number of ether oxygens (including phenoxy) is 1. The van der Waals surface area contributed by atoms with Crippen LogP contribution >= 0.6 is 0 Å². The fourth-order valence-corrected chi connectivity index (χ4v) is 3.51. The van der Waals surface area contributed by atoms with Gasteiger partial charge in [-0.3, -0.25) is 4.90 Å². The lowest BCUT2D eigenvalue weighted by atomic mass is 9.89. The topological polar surface area (TPSA) is 38.5 Å². The summed E-state index contributed by atoms with van der Waals surface area (Å²) in [6.45, 7) is 9.64. The Hall–Kier alpha value is -0.900. The van der Waals surface area contributed by atoms with Crippen molar-refractivity contribution in [2.75, 3.05) is 19.7 Å². The highest BCUT2D eigenvalue weighted by Gasteiger charge is 2.31. The lowest BCUT2D eigenvalue weighted by Crippen LogP contribution is -2.50. The average Bonchev–Trinajstić information content (AvgIpc) is 2.50. The summed E-state index contributed by atoms with van der Waals surface area (Å²) < 4.78 is 5.76. The van der Waals surface area contributed by atoms with E-state index in [2.05, 4.69) is 49.9 Å². The number of nitrogens with zero attached hydrogens (tertiary/aromatic N) is 1. The average molecular weight is 290 g/mol. The van der Waals surface area contributed by atoms with Crippen LogP contribution in [0.15, 0.2) is 30.3 Å². The molecule has 1 aliphatic heterocycles. The first kappa shape index (κ1) is 16.5. The number of hydrogen-bond acceptors (Lipinski definition) is 3. The molecule has 2 unspecified atom stereocenters. The minimum Gasteiger partial charge on any atom is -0.378 e. The molecule has 1 aliphatic rings. The van der Waals surface area contributed by atoms with Gasteiger partial charge in [-0.15, -0.1) is 0 Å². The molecular formula is C18H30N2O. The predicted molar refractivity (Wildman–Crippen MR) is 88.2 cm³/mol. The molecule has 3 nitrogen and oxygen atoms in total. The summed E-state index contributed by atoms with van der Waals surface area (Å²) in [5.41, 5.74) is 7.83. The first-order valence-electron chi connectivity index (χ1n) is 8.29. The summed E-state index contributed by atoms with van der Waals surface area (Å²) in [5.74, 6) is 0.545. The van der Waals surface area contributed by atoms with Crippen molar-refractivity contribution in [2.45, 2.75) is 51.8 Å². The van der Waals surface area contributed by atoms with E-state index in [1.54, 1.807) is 0 Å². The van der Waals surface area contributed by atoms with Gasteiger partial charge in [-0.2, -0.15) is 0 Å². The van der Waals surface area contributed by atoms with Crippen molar-refractivity contribution in [1.29, 1.82) is 0 Å². The third-order valence-electron chi connectivity index (χ3n) is 4.54. The van der Waals surface area contributed by atoms with Crippen LogP contribution in [0.4, 0.5) is 0 Å². The Labute approximate surface area is 129 Å². The van der Waals surface area contributed by atoms with Crippen LogP contribution in [0.2, 0.25) is 0 Å². The van der Waals surface area contributed by atoms with Crippen LogP contribution in [-0.4, -0.2) is 36.7 Å². The fourth-order valence-electron chi connectivity index (χ4n) is 3.51. The third-order valence-corrected chi connectivity index (χ3v) is 4.54. The number of piperidine rings is 1. The van der Waals surface area contributed by atoms with Gasteiger partial charge in [0.1, 0.15) is 0 Å². The quantitative estimate of drug-likeness (QED) is 0.874. The first-order valence-corrected chi connectivity index (χ1v) is 8.29. The maximum absolute atomic E-state index is 6.59. The van der Waals surface area contributed by atoms with Gasteiger partial charge in [0.2, 0.25) is 0 Å². The molecule has 1 aromatic carbocycles. The molecule has 1 heterocycles. The number of benzene rings is 1. The van der Waals surface area contributed by atoms with E-state index in [0.29, 0.717) is 18.1 Å². The van der Waals surface area contributed by atoms with Crippen molar-refractivity contribution in [3.8, 4) is 0 Å². The zero-order valence-corrected chi connectivity index (χ0v) is 13.7. The molecule has 0 spiro atoms. The Morgan fingerprint density at radius 3 is 2.33 bits per heavy atom. The summed E-state index contributed by atoms with van der Waals surface area (Å²) in [4.78, 5) is 2.57. The van der Waals surface area contributed by atoms with E-state index >= 15 is 0 Å². The summed E-state index contributed by atoms with van der Waals surface area (Å²) in [5, 5.41) is 0. The molecule has 2 rings (SSSR count). The summed E-state index contributed by atoms with van der Waals surface area (Å²) in [7, 11) is 0. The van der Waals surface area contributed by atoms with Gasteiger partial charge in [-0.1, -0.05) is 44.2 Å². The Bertz CT molecular complexity index is 399. The maximum atomic E-state index is 6.59. The molecule has 3 heteroatoms. The summed E-state index contributed by atoms with van der Waals surface area (Å²) >= 11 is 0. The zero-order valence-electron chi connectivity index (χ0n) is 13.7. The van der Waals surface area contributed by atoms with Crippen LogP contribution in [0.1, 0.15) is 45.2 Å². The molecule has 21 heavy (non-hydrogen) atoms. The fraction of sp³-hybridized carbons (Fsp3) is 0.667. The van der Waals surface area contributed by atoms with Crippen LogP contribution in [0.25, 0.3) is 0 Å². The maximum Gasteiger partial charge on any atom is 0.0599 e. The van der Waals surface area contributed by atoms with Crippen molar-refractivity contribution in [3.63, 3.8) is 0 Å². The number of nitrogens with two attached hydrogens (primary N) is 1. The molecular weight excluding hydrogens is 260 g/mol. The van der Waals surface area contributed by atoms with E-state index < -0.39 is 0 Å². The van der Waals surface area contributed by atoms with E-state index in [0.717, 1.165) is 32.5 Å².